The van der Waals surface area contributed by atoms with Gasteiger partial charge in [0.25, 0.3) is 0 Å². The second-order valence-electron chi connectivity index (χ2n) is 5.56. The average Bonchev–Trinajstić information content (AvgIpc) is 2.69. The summed E-state index contributed by atoms with van der Waals surface area (Å²) in [7, 11) is 4.15. The van der Waals surface area contributed by atoms with Crippen molar-refractivity contribution in [2.24, 2.45) is 0 Å². The van der Waals surface area contributed by atoms with Gasteiger partial charge in [-0.1, -0.05) is 43.4 Å². The highest BCUT2D eigenvalue weighted by atomic mass is 35.5. The van der Waals surface area contributed by atoms with Crippen molar-refractivity contribution in [1.29, 1.82) is 0 Å². The summed E-state index contributed by atoms with van der Waals surface area (Å²) in [5.74, 6) is 0. The normalized spacial score (nSPS) is 17.2. The number of halogens is 1. The molecule has 2 rings (SSSR count). The van der Waals surface area contributed by atoms with E-state index < -0.39 is 0 Å². The van der Waals surface area contributed by atoms with E-state index in [1.165, 1.54) is 49.8 Å². The summed E-state index contributed by atoms with van der Waals surface area (Å²) in [5, 5.41) is 4.01. The molecule has 106 valence electrons. The number of nitrogens with one attached hydrogen (secondary N) is 1. The maximum absolute atomic E-state index is 6.36. The molecular formula is C16H25ClN2. The quantitative estimate of drug-likeness (QED) is 0.831. The topological polar surface area (TPSA) is 15.3 Å². The number of nitrogens with zero attached hydrogens (tertiary/aromatic N) is 1. The summed E-state index contributed by atoms with van der Waals surface area (Å²) >= 11 is 6.36. The van der Waals surface area contributed by atoms with E-state index in [0.29, 0.717) is 6.04 Å². The molecule has 0 aliphatic heterocycles. The highest BCUT2D eigenvalue weighted by molar-refractivity contribution is 6.31. The smallest absolute Gasteiger partial charge is 0.0471 e. The van der Waals surface area contributed by atoms with Crippen LogP contribution < -0.4 is 10.2 Å². The third-order valence-corrected chi connectivity index (χ3v) is 4.54. The fourth-order valence-corrected chi connectivity index (χ4v) is 3.19. The maximum Gasteiger partial charge on any atom is 0.0471 e. The van der Waals surface area contributed by atoms with Crippen LogP contribution in [0.4, 0.5) is 5.69 Å². The average molecular weight is 281 g/mol. The van der Waals surface area contributed by atoms with Gasteiger partial charge in [0.05, 0.1) is 0 Å². The number of benzene rings is 1. The van der Waals surface area contributed by atoms with Gasteiger partial charge in [0.1, 0.15) is 0 Å². The number of hydrogen-bond acceptors (Lipinski definition) is 2. The van der Waals surface area contributed by atoms with E-state index >= 15 is 0 Å². The molecule has 19 heavy (non-hydrogen) atoms. The van der Waals surface area contributed by atoms with Crippen molar-refractivity contribution in [2.45, 2.75) is 51.1 Å². The Balaban J connectivity index is 2.09. The molecule has 0 amide bonds. The molecule has 0 spiro atoms. The molecule has 1 aromatic rings. The van der Waals surface area contributed by atoms with Crippen LogP contribution in [0.5, 0.6) is 0 Å². The summed E-state index contributed by atoms with van der Waals surface area (Å²) in [6.07, 6.45) is 8.14. The van der Waals surface area contributed by atoms with E-state index in [1.54, 1.807) is 0 Å². The van der Waals surface area contributed by atoms with Crippen LogP contribution in [0, 0.1) is 0 Å². The second kappa shape index (κ2) is 7.16. The first-order valence-corrected chi connectivity index (χ1v) is 7.76. The number of hydrogen-bond donors (Lipinski definition) is 1. The van der Waals surface area contributed by atoms with Crippen molar-refractivity contribution >= 4 is 17.3 Å². The van der Waals surface area contributed by atoms with Gasteiger partial charge < -0.3 is 10.2 Å². The Labute approximate surface area is 122 Å². The van der Waals surface area contributed by atoms with Crippen LogP contribution in [-0.2, 0) is 6.54 Å². The Kier molecular flexibility index (Phi) is 5.53. The minimum absolute atomic E-state index is 0.675. The first-order valence-electron chi connectivity index (χ1n) is 7.38. The molecule has 1 aliphatic rings. The minimum Gasteiger partial charge on any atom is -0.372 e. The molecule has 0 atom stereocenters. The lowest BCUT2D eigenvalue weighted by molar-refractivity contribution is 0.553. The Hall–Kier alpha value is -0.730. The van der Waals surface area contributed by atoms with Gasteiger partial charge in [-0.05, 0) is 37.6 Å². The SMILES string of the molecule is CNCc1ccc(N(C)C2CCCCCC2)cc1Cl. The molecule has 0 radical (unpaired) electrons. The van der Waals surface area contributed by atoms with Crippen molar-refractivity contribution in [3.8, 4) is 0 Å². The second-order valence-corrected chi connectivity index (χ2v) is 5.97. The Morgan fingerprint density at radius 2 is 1.89 bits per heavy atom. The Morgan fingerprint density at radius 3 is 2.47 bits per heavy atom. The van der Waals surface area contributed by atoms with Gasteiger partial charge in [-0.2, -0.15) is 0 Å². The lowest BCUT2D eigenvalue weighted by atomic mass is 10.1. The molecule has 0 saturated heterocycles. The van der Waals surface area contributed by atoms with Crippen molar-refractivity contribution in [2.75, 3.05) is 19.0 Å². The zero-order valence-corrected chi connectivity index (χ0v) is 12.8. The van der Waals surface area contributed by atoms with E-state index in [2.05, 4.69) is 35.5 Å². The maximum atomic E-state index is 6.36. The molecule has 2 nitrogen and oxygen atoms in total. The Morgan fingerprint density at radius 1 is 1.21 bits per heavy atom. The van der Waals surface area contributed by atoms with Crippen LogP contribution in [0.15, 0.2) is 18.2 Å². The van der Waals surface area contributed by atoms with Crippen molar-refractivity contribution < 1.29 is 0 Å². The van der Waals surface area contributed by atoms with Crippen LogP contribution in [0.25, 0.3) is 0 Å². The predicted octanol–water partition coefficient (Wildman–Crippen LogP) is 4.22. The fourth-order valence-electron chi connectivity index (χ4n) is 2.95. The van der Waals surface area contributed by atoms with E-state index in [4.69, 9.17) is 11.6 Å². The van der Waals surface area contributed by atoms with Gasteiger partial charge in [0.2, 0.25) is 0 Å². The summed E-state index contributed by atoms with van der Waals surface area (Å²) in [5.41, 5.74) is 2.42. The summed E-state index contributed by atoms with van der Waals surface area (Å²) < 4.78 is 0. The molecule has 1 aromatic carbocycles. The van der Waals surface area contributed by atoms with Crippen LogP contribution in [-0.4, -0.2) is 20.1 Å². The minimum atomic E-state index is 0.675. The van der Waals surface area contributed by atoms with Gasteiger partial charge in [-0.15, -0.1) is 0 Å². The number of anilines is 1. The van der Waals surface area contributed by atoms with E-state index in [-0.39, 0.29) is 0 Å². The van der Waals surface area contributed by atoms with Crippen molar-refractivity contribution in [3.63, 3.8) is 0 Å². The molecule has 1 fully saturated rings. The summed E-state index contributed by atoms with van der Waals surface area (Å²) in [6, 6.07) is 7.12. The highest BCUT2D eigenvalue weighted by Crippen LogP contribution is 2.28. The third kappa shape index (κ3) is 3.87. The van der Waals surface area contributed by atoms with E-state index in [1.807, 2.05) is 7.05 Å². The Bertz CT molecular complexity index is 398. The van der Waals surface area contributed by atoms with Gasteiger partial charge >= 0.3 is 0 Å². The lowest BCUT2D eigenvalue weighted by Crippen LogP contribution is -2.31. The van der Waals surface area contributed by atoms with Gasteiger partial charge in [0, 0.05) is 30.3 Å². The summed E-state index contributed by atoms with van der Waals surface area (Å²) in [6.45, 7) is 0.826. The van der Waals surface area contributed by atoms with Gasteiger partial charge in [-0.3, -0.25) is 0 Å². The van der Waals surface area contributed by atoms with Gasteiger partial charge in [0.15, 0.2) is 0 Å². The third-order valence-electron chi connectivity index (χ3n) is 4.18. The van der Waals surface area contributed by atoms with E-state index in [0.717, 1.165) is 11.6 Å². The van der Waals surface area contributed by atoms with Crippen molar-refractivity contribution in [1.82, 2.24) is 5.32 Å². The molecule has 3 heteroatoms. The first kappa shape index (κ1) is 14.7. The van der Waals surface area contributed by atoms with Crippen LogP contribution >= 0.6 is 11.6 Å². The van der Waals surface area contributed by atoms with E-state index in [9.17, 15) is 0 Å². The van der Waals surface area contributed by atoms with Gasteiger partial charge in [-0.25, -0.2) is 0 Å². The van der Waals surface area contributed by atoms with Crippen LogP contribution in [0.2, 0.25) is 5.02 Å². The van der Waals surface area contributed by atoms with Crippen LogP contribution in [0.3, 0.4) is 0 Å². The summed E-state index contributed by atoms with van der Waals surface area (Å²) in [4.78, 5) is 2.42. The molecule has 0 aromatic heterocycles. The highest BCUT2D eigenvalue weighted by Gasteiger charge is 2.17. The molecule has 0 heterocycles. The molecule has 1 N–H and O–H groups in total. The molecule has 1 saturated carbocycles. The molecular weight excluding hydrogens is 256 g/mol. The lowest BCUT2D eigenvalue weighted by Gasteiger charge is -2.29. The largest absolute Gasteiger partial charge is 0.372 e. The monoisotopic (exact) mass is 280 g/mol. The van der Waals surface area contributed by atoms with Crippen LogP contribution in [0.1, 0.15) is 44.1 Å². The zero-order chi connectivity index (χ0) is 13.7. The standard InChI is InChI=1S/C16H25ClN2/c1-18-12-13-9-10-15(11-16(13)17)19(2)14-7-5-3-4-6-8-14/h9-11,14,18H,3-8,12H2,1-2H3. The fraction of sp³-hybridized carbons (Fsp3) is 0.625. The predicted molar refractivity (Wildman–Crippen MR) is 84.1 cm³/mol. The molecule has 1 aliphatic carbocycles. The van der Waals surface area contributed by atoms with Crippen molar-refractivity contribution in [3.05, 3.63) is 28.8 Å². The zero-order valence-electron chi connectivity index (χ0n) is 12.1. The number of rotatable bonds is 4. The molecule has 0 bridgehead atoms. The molecule has 0 unspecified atom stereocenters. The first-order chi connectivity index (χ1) is 9.22.